The minimum absolute atomic E-state index is 0.263. The van der Waals surface area contributed by atoms with E-state index in [0.717, 1.165) is 5.57 Å². The molecule has 3 heteroatoms. The third-order valence-electron chi connectivity index (χ3n) is 1.78. The molecular weight excluding hydrogens is 144 g/mol. The quantitative estimate of drug-likeness (QED) is 0.564. The van der Waals surface area contributed by atoms with E-state index < -0.39 is 6.29 Å². The fourth-order valence-electron chi connectivity index (χ4n) is 0.922. The minimum Gasteiger partial charge on any atom is -0.428 e. The lowest BCUT2D eigenvalue weighted by atomic mass is 10.2. The van der Waals surface area contributed by atoms with Crippen LogP contribution in [0.1, 0.15) is 20.8 Å². The topological polar surface area (TPSA) is 35.5 Å². The molecule has 0 saturated heterocycles. The minimum atomic E-state index is -0.438. The Kier molecular flexibility index (Phi) is 2.29. The molecule has 1 heterocycles. The molecule has 0 fully saturated rings. The van der Waals surface area contributed by atoms with Crippen molar-refractivity contribution in [2.45, 2.75) is 27.1 Å². The van der Waals surface area contributed by atoms with E-state index in [2.05, 4.69) is 0 Å². The predicted molar refractivity (Wildman–Crippen MR) is 39.9 cm³/mol. The molecule has 3 nitrogen and oxygen atoms in total. The number of rotatable bonds is 2. The molecule has 0 N–H and O–H groups in total. The smallest absolute Gasteiger partial charge is 0.336 e. The van der Waals surface area contributed by atoms with Crippen LogP contribution in [-0.4, -0.2) is 18.9 Å². The number of esters is 1. The summed E-state index contributed by atoms with van der Waals surface area (Å²) in [6.07, 6.45) is -0.438. The Hall–Kier alpha value is -0.830. The van der Waals surface area contributed by atoms with Crippen LogP contribution in [0.3, 0.4) is 0 Å². The first-order valence-corrected chi connectivity index (χ1v) is 3.66. The van der Waals surface area contributed by atoms with Crippen LogP contribution in [0, 0.1) is 0 Å². The van der Waals surface area contributed by atoms with Crippen molar-refractivity contribution in [3.05, 3.63) is 11.1 Å². The molecule has 62 valence electrons. The molecule has 0 saturated carbocycles. The van der Waals surface area contributed by atoms with Crippen LogP contribution in [0.4, 0.5) is 0 Å². The molecule has 0 amide bonds. The van der Waals surface area contributed by atoms with E-state index in [9.17, 15) is 4.79 Å². The molecule has 1 rings (SSSR count). The van der Waals surface area contributed by atoms with Gasteiger partial charge in [0.05, 0.1) is 0 Å². The van der Waals surface area contributed by atoms with Crippen molar-refractivity contribution < 1.29 is 14.3 Å². The van der Waals surface area contributed by atoms with E-state index in [0.29, 0.717) is 12.2 Å². The zero-order valence-corrected chi connectivity index (χ0v) is 7.01. The third kappa shape index (κ3) is 1.43. The van der Waals surface area contributed by atoms with Crippen molar-refractivity contribution in [2.24, 2.45) is 0 Å². The number of hydrogen-bond donors (Lipinski definition) is 0. The summed E-state index contributed by atoms with van der Waals surface area (Å²) in [4.78, 5) is 10.9. The summed E-state index contributed by atoms with van der Waals surface area (Å²) >= 11 is 0. The second-order valence-electron chi connectivity index (χ2n) is 2.50. The van der Waals surface area contributed by atoms with Crippen LogP contribution in [-0.2, 0) is 14.3 Å². The number of hydrogen-bond acceptors (Lipinski definition) is 3. The molecule has 0 aromatic carbocycles. The second kappa shape index (κ2) is 3.05. The van der Waals surface area contributed by atoms with Gasteiger partial charge in [0, 0.05) is 17.8 Å². The highest BCUT2D eigenvalue weighted by atomic mass is 16.7. The first-order chi connectivity index (χ1) is 5.16. The summed E-state index contributed by atoms with van der Waals surface area (Å²) < 4.78 is 10.0. The van der Waals surface area contributed by atoms with Crippen LogP contribution < -0.4 is 0 Å². The first-order valence-electron chi connectivity index (χ1n) is 3.66. The number of carbonyl (C=O) groups is 1. The van der Waals surface area contributed by atoms with Crippen molar-refractivity contribution >= 4 is 5.97 Å². The SMILES string of the molecule is CCOC1OC(=O)C(C)=C1C. The standard InChI is InChI=1S/C8H12O3/c1-4-10-8-6(3)5(2)7(9)11-8/h8H,4H2,1-3H3. The van der Waals surface area contributed by atoms with Crippen LogP contribution in [0.5, 0.6) is 0 Å². The van der Waals surface area contributed by atoms with Crippen molar-refractivity contribution in [3.8, 4) is 0 Å². The van der Waals surface area contributed by atoms with E-state index in [4.69, 9.17) is 9.47 Å². The molecule has 0 aliphatic carbocycles. The normalized spacial score (nSPS) is 24.3. The third-order valence-corrected chi connectivity index (χ3v) is 1.78. The molecule has 0 radical (unpaired) electrons. The zero-order chi connectivity index (χ0) is 8.43. The molecule has 1 aliphatic heterocycles. The van der Waals surface area contributed by atoms with Crippen molar-refractivity contribution in [1.29, 1.82) is 0 Å². The monoisotopic (exact) mass is 156 g/mol. The molecule has 1 atom stereocenters. The summed E-state index contributed by atoms with van der Waals surface area (Å²) in [7, 11) is 0. The maximum absolute atomic E-state index is 10.9. The second-order valence-corrected chi connectivity index (χ2v) is 2.50. The van der Waals surface area contributed by atoms with Crippen LogP contribution in [0.25, 0.3) is 0 Å². The van der Waals surface area contributed by atoms with E-state index in [-0.39, 0.29) is 5.97 Å². The highest BCUT2D eigenvalue weighted by Gasteiger charge is 2.28. The maximum atomic E-state index is 10.9. The Morgan fingerprint density at radius 3 is 2.55 bits per heavy atom. The summed E-state index contributed by atoms with van der Waals surface area (Å²) in [5.74, 6) is -0.263. The van der Waals surface area contributed by atoms with Gasteiger partial charge in [-0.05, 0) is 20.8 Å². The maximum Gasteiger partial charge on any atom is 0.336 e. The molecule has 0 aromatic rings. The molecular formula is C8H12O3. The van der Waals surface area contributed by atoms with Gasteiger partial charge in [-0.3, -0.25) is 0 Å². The Bertz CT molecular complexity index is 205. The summed E-state index contributed by atoms with van der Waals surface area (Å²) in [5.41, 5.74) is 1.56. The average molecular weight is 156 g/mol. The van der Waals surface area contributed by atoms with Gasteiger partial charge >= 0.3 is 5.97 Å². The highest BCUT2D eigenvalue weighted by Crippen LogP contribution is 2.22. The molecule has 0 bridgehead atoms. The Balaban J connectivity index is 2.69. The van der Waals surface area contributed by atoms with Gasteiger partial charge in [0.25, 0.3) is 0 Å². The molecule has 1 aliphatic rings. The van der Waals surface area contributed by atoms with E-state index in [1.54, 1.807) is 6.92 Å². The van der Waals surface area contributed by atoms with Crippen molar-refractivity contribution in [1.82, 2.24) is 0 Å². The van der Waals surface area contributed by atoms with Crippen LogP contribution >= 0.6 is 0 Å². The van der Waals surface area contributed by atoms with Crippen LogP contribution in [0.2, 0.25) is 0 Å². The van der Waals surface area contributed by atoms with Gasteiger partial charge in [-0.15, -0.1) is 0 Å². The lowest BCUT2D eigenvalue weighted by Crippen LogP contribution is -2.14. The van der Waals surface area contributed by atoms with Crippen molar-refractivity contribution in [3.63, 3.8) is 0 Å². The lowest BCUT2D eigenvalue weighted by molar-refractivity contribution is -0.159. The van der Waals surface area contributed by atoms with Gasteiger partial charge in [0.1, 0.15) is 0 Å². The van der Waals surface area contributed by atoms with Crippen molar-refractivity contribution in [2.75, 3.05) is 6.61 Å². The molecule has 1 unspecified atom stereocenters. The lowest BCUT2D eigenvalue weighted by Gasteiger charge is -2.09. The van der Waals surface area contributed by atoms with Crippen LogP contribution in [0.15, 0.2) is 11.1 Å². The van der Waals surface area contributed by atoms with Gasteiger partial charge in [0.15, 0.2) is 0 Å². The summed E-state index contributed by atoms with van der Waals surface area (Å²) in [5, 5.41) is 0. The molecule has 11 heavy (non-hydrogen) atoms. The first kappa shape index (κ1) is 8.27. The Labute approximate surface area is 66.0 Å². The van der Waals surface area contributed by atoms with E-state index in [1.807, 2.05) is 13.8 Å². The molecule has 0 aromatic heterocycles. The largest absolute Gasteiger partial charge is 0.428 e. The van der Waals surface area contributed by atoms with E-state index in [1.165, 1.54) is 0 Å². The van der Waals surface area contributed by atoms with Gasteiger partial charge < -0.3 is 9.47 Å². The van der Waals surface area contributed by atoms with Gasteiger partial charge in [-0.25, -0.2) is 4.79 Å². The highest BCUT2D eigenvalue weighted by molar-refractivity contribution is 5.91. The zero-order valence-electron chi connectivity index (χ0n) is 7.01. The summed E-state index contributed by atoms with van der Waals surface area (Å²) in [6.45, 7) is 6.02. The fourth-order valence-corrected chi connectivity index (χ4v) is 0.922. The van der Waals surface area contributed by atoms with Gasteiger partial charge in [0.2, 0.25) is 6.29 Å². The fraction of sp³-hybridized carbons (Fsp3) is 0.625. The molecule has 0 spiro atoms. The van der Waals surface area contributed by atoms with Gasteiger partial charge in [-0.1, -0.05) is 0 Å². The predicted octanol–water partition coefficient (Wildman–Crippen LogP) is 1.24. The number of ether oxygens (including phenoxy) is 2. The summed E-state index contributed by atoms with van der Waals surface area (Å²) in [6, 6.07) is 0. The van der Waals surface area contributed by atoms with E-state index >= 15 is 0 Å². The van der Waals surface area contributed by atoms with Gasteiger partial charge in [-0.2, -0.15) is 0 Å². The average Bonchev–Trinajstić information content (AvgIpc) is 2.19. The Morgan fingerprint density at radius 1 is 1.55 bits per heavy atom. The number of carbonyl (C=O) groups excluding carboxylic acids is 1. The Morgan fingerprint density at radius 2 is 2.18 bits per heavy atom. The number of cyclic esters (lactones) is 1.